The van der Waals surface area contributed by atoms with Gasteiger partial charge in [-0.25, -0.2) is 0 Å². The molecule has 1 rings (SSSR count). The summed E-state index contributed by atoms with van der Waals surface area (Å²) in [5, 5.41) is 0.776. The lowest BCUT2D eigenvalue weighted by Crippen LogP contribution is -2.49. The van der Waals surface area contributed by atoms with Gasteiger partial charge < -0.3 is 4.90 Å². The Morgan fingerprint density at radius 2 is 1.87 bits per heavy atom. The molecule has 4 heteroatoms. The van der Waals surface area contributed by atoms with Crippen molar-refractivity contribution < 1.29 is 4.79 Å². The molecular weight excluding hydrogens is 256 g/mol. The zero-order valence-electron chi connectivity index (χ0n) is 9.71. The van der Waals surface area contributed by atoms with Crippen molar-refractivity contribution >= 4 is 21.8 Å². The molecule has 1 heterocycles. The van der Waals surface area contributed by atoms with Gasteiger partial charge in [0.1, 0.15) is 0 Å². The van der Waals surface area contributed by atoms with Crippen molar-refractivity contribution in [2.75, 3.05) is 38.1 Å². The number of hydrogen-bond donors (Lipinski definition) is 0. The minimum absolute atomic E-state index is 0.288. The summed E-state index contributed by atoms with van der Waals surface area (Å²) in [5.74, 6) is 1.01. The van der Waals surface area contributed by atoms with Crippen molar-refractivity contribution in [1.82, 2.24) is 9.80 Å². The molecule has 88 valence electrons. The molecule has 0 unspecified atom stereocenters. The molecule has 0 spiro atoms. The largest absolute Gasteiger partial charge is 0.340 e. The van der Waals surface area contributed by atoms with E-state index >= 15 is 0 Å². The molecule has 1 aliphatic rings. The van der Waals surface area contributed by atoms with E-state index in [9.17, 15) is 4.79 Å². The number of piperazine rings is 1. The van der Waals surface area contributed by atoms with E-state index in [0.717, 1.165) is 44.0 Å². The van der Waals surface area contributed by atoms with Gasteiger partial charge in [-0.05, 0) is 5.92 Å². The number of carbonyl (C=O) groups is 1. The lowest BCUT2D eigenvalue weighted by atomic mass is 10.2. The Hall–Kier alpha value is -0.0900. The van der Waals surface area contributed by atoms with Crippen LogP contribution in [0, 0.1) is 5.92 Å². The topological polar surface area (TPSA) is 23.6 Å². The Morgan fingerprint density at radius 1 is 1.27 bits per heavy atom. The van der Waals surface area contributed by atoms with Crippen LogP contribution in [-0.2, 0) is 4.79 Å². The molecule has 3 nitrogen and oxygen atoms in total. The third-order valence-corrected chi connectivity index (χ3v) is 3.05. The number of alkyl halides is 1. The average molecular weight is 277 g/mol. The molecule has 1 saturated heterocycles. The first kappa shape index (κ1) is 13.0. The average Bonchev–Trinajstić information content (AvgIpc) is 2.18. The van der Waals surface area contributed by atoms with Crippen LogP contribution in [0.5, 0.6) is 0 Å². The first-order chi connectivity index (χ1) is 7.13. The van der Waals surface area contributed by atoms with Crippen molar-refractivity contribution in [3.05, 3.63) is 0 Å². The van der Waals surface area contributed by atoms with Crippen LogP contribution < -0.4 is 0 Å². The van der Waals surface area contributed by atoms with Crippen molar-refractivity contribution in [2.24, 2.45) is 5.92 Å². The van der Waals surface area contributed by atoms with Crippen LogP contribution in [0.2, 0.25) is 0 Å². The lowest BCUT2D eigenvalue weighted by Gasteiger charge is -2.35. The zero-order valence-corrected chi connectivity index (χ0v) is 11.3. The third kappa shape index (κ3) is 4.51. The molecule has 0 saturated carbocycles. The normalized spacial score (nSPS) is 18.5. The van der Waals surface area contributed by atoms with Crippen molar-refractivity contribution in [2.45, 2.75) is 20.3 Å². The molecule has 0 atom stereocenters. The minimum atomic E-state index is 0.288. The van der Waals surface area contributed by atoms with Crippen molar-refractivity contribution in [1.29, 1.82) is 0 Å². The second-order valence-electron chi connectivity index (χ2n) is 4.51. The monoisotopic (exact) mass is 276 g/mol. The Labute approximate surface area is 101 Å². The van der Waals surface area contributed by atoms with Crippen LogP contribution in [0.25, 0.3) is 0 Å². The SMILES string of the molecule is CC(C)CN1CCN(C(=O)CCBr)CC1. The molecule has 0 N–H and O–H groups in total. The van der Waals surface area contributed by atoms with Crippen LogP contribution in [-0.4, -0.2) is 53.8 Å². The Bertz CT molecular complexity index is 201. The summed E-state index contributed by atoms with van der Waals surface area (Å²) in [5.41, 5.74) is 0. The molecular formula is C11H21BrN2O. The molecule has 0 aromatic rings. The molecule has 0 bridgehead atoms. The van der Waals surface area contributed by atoms with Gasteiger partial charge in [0, 0.05) is 44.5 Å². The summed E-state index contributed by atoms with van der Waals surface area (Å²) < 4.78 is 0. The van der Waals surface area contributed by atoms with Gasteiger partial charge in [0.05, 0.1) is 0 Å². The third-order valence-electron chi connectivity index (χ3n) is 2.66. The first-order valence-electron chi connectivity index (χ1n) is 5.69. The van der Waals surface area contributed by atoms with Gasteiger partial charge in [0.2, 0.25) is 5.91 Å². The first-order valence-corrected chi connectivity index (χ1v) is 6.81. The molecule has 0 radical (unpaired) electrons. The van der Waals surface area contributed by atoms with Crippen molar-refractivity contribution in [3.63, 3.8) is 0 Å². The Morgan fingerprint density at radius 3 is 2.33 bits per heavy atom. The second-order valence-corrected chi connectivity index (χ2v) is 5.31. The lowest BCUT2D eigenvalue weighted by molar-refractivity contribution is -0.132. The van der Waals surface area contributed by atoms with Crippen molar-refractivity contribution in [3.8, 4) is 0 Å². The summed E-state index contributed by atoms with van der Waals surface area (Å²) in [6, 6.07) is 0. The molecule has 0 aliphatic carbocycles. The van der Waals surface area contributed by atoms with E-state index in [2.05, 4.69) is 34.7 Å². The van der Waals surface area contributed by atoms with E-state index in [1.54, 1.807) is 0 Å². The predicted octanol–water partition coefficient (Wildman–Crippen LogP) is 1.57. The zero-order chi connectivity index (χ0) is 11.3. The predicted molar refractivity (Wildman–Crippen MR) is 66.3 cm³/mol. The van der Waals surface area contributed by atoms with Gasteiger partial charge in [0.15, 0.2) is 0 Å². The maximum Gasteiger partial charge on any atom is 0.223 e. The van der Waals surface area contributed by atoms with Gasteiger partial charge in [-0.2, -0.15) is 0 Å². The van der Waals surface area contributed by atoms with Crippen LogP contribution >= 0.6 is 15.9 Å². The number of carbonyl (C=O) groups excluding carboxylic acids is 1. The minimum Gasteiger partial charge on any atom is -0.340 e. The Balaban J connectivity index is 2.26. The molecule has 1 amide bonds. The molecule has 1 fully saturated rings. The van der Waals surface area contributed by atoms with E-state index in [0.29, 0.717) is 6.42 Å². The quantitative estimate of drug-likeness (QED) is 0.728. The number of halogens is 1. The van der Waals surface area contributed by atoms with Crippen LogP contribution in [0.4, 0.5) is 0 Å². The second kappa shape index (κ2) is 6.48. The number of hydrogen-bond acceptors (Lipinski definition) is 2. The highest BCUT2D eigenvalue weighted by Gasteiger charge is 2.20. The molecule has 1 aliphatic heterocycles. The van der Waals surface area contributed by atoms with E-state index in [1.807, 2.05) is 4.90 Å². The highest BCUT2D eigenvalue weighted by molar-refractivity contribution is 9.09. The van der Waals surface area contributed by atoms with E-state index in [-0.39, 0.29) is 5.91 Å². The van der Waals surface area contributed by atoms with E-state index in [4.69, 9.17) is 0 Å². The summed E-state index contributed by atoms with van der Waals surface area (Å²) in [6.45, 7) is 9.50. The summed E-state index contributed by atoms with van der Waals surface area (Å²) in [7, 11) is 0. The van der Waals surface area contributed by atoms with Crippen LogP contribution in [0.3, 0.4) is 0 Å². The Kier molecular flexibility index (Phi) is 5.61. The molecule has 0 aromatic heterocycles. The number of amides is 1. The smallest absolute Gasteiger partial charge is 0.223 e. The molecule has 15 heavy (non-hydrogen) atoms. The highest BCUT2D eigenvalue weighted by Crippen LogP contribution is 2.07. The fourth-order valence-electron chi connectivity index (χ4n) is 1.94. The highest BCUT2D eigenvalue weighted by atomic mass is 79.9. The number of nitrogens with zero attached hydrogens (tertiary/aromatic N) is 2. The van der Waals surface area contributed by atoms with Gasteiger partial charge in [-0.15, -0.1) is 0 Å². The van der Waals surface area contributed by atoms with Gasteiger partial charge in [-0.3, -0.25) is 9.69 Å². The van der Waals surface area contributed by atoms with Gasteiger partial charge in [-0.1, -0.05) is 29.8 Å². The van der Waals surface area contributed by atoms with E-state index < -0.39 is 0 Å². The van der Waals surface area contributed by atoms with E-state index in [1.165, 1.54) is 0 Å². The van der Waals surface area contributed by atoms with Gasteiger partial charge in [0.25, 0.3) is 0 Å². The fraction of sp³-hybridized carbons (Fsp3) is 0.909. The fourth-order valence-corrected chi connectivity index (χ4v) is 2.27. The maximum absolute atomic E-state index is 11.6. The summed E-state index contributed by atoms with van der Waals surface area (Å²) in [6.07, 6.45) is 0.629. The number of rotatable bonds is 4. The summed E-state index contributed by atoms with van der Waals surface area (Å²) >= 11 is 3.30. The molecule has 0 aromatic carbocycles. The maximum atomic E-state index is 11.6. The van der Waals surface area contributed by atoms with Crippen LogP contribution in [0.1, 0.15) is 20.3 Å². The van der Waals surface area contributed by atoms with Gasteiger partial charge >= 0.3 is 0 Å². The summed E-state index contributed by atoms with van der Waals surface area (Å²) in [4.78, 5) is 16.0. The van der Waals surface area contributed by atoms with Crippen LogP contribution in [0.15, 0.2) is 0 Å². The standard InChI is InChI=1S/C11H21BrN2O/c1-10(2)9-13-5-7-14(8-6-13)11(15)3-4-12/h10H,3-9H2,1-2H3.